The van der Waals surface area contributed by atoms with Crippen molar-refractivity contribution >= 4 is 21.9 Å². The van der Waals surface area contributed by atoms with Gasteiger partial charge in [0.05, 0.1) is 16.3 Å². The zero-order valence-electron chi connectivity index (χ0n) is 13.7. The van der Waals surface area contributed by atoms with Crippen molar-refractivity contribution in [1.82, 2.24) is 9.13 Å². The van der Waals surface area contributed by atoms with Crippen molar-refractivity contribution in [2.75, 3.05) is 0 Å². The van der Waals surface area contributed by atoms with Gasteiger partial charge >= 0.3 is 0 Å². The topological polar surface area (TPSA) is 23.0 Å². The number of aromatic nitrogens is 3. The smallest absolute Gasteiger partial charge is 0.258 e. The van der Waals surface area contributed by atoms with Crippen LogP contribution in [0.2, 0.25) is 0 Å². The normalized spacial score (nSPS) is 12.7. The summed E-state index contributed by atoms with van der Waals surface area (Å²) < 4.78 is 12.9. The third-order valence-corrected chi connectivity index (χ3v) is 5.16. The fourth-order valence-corrected chi connectivity index (χ4v) is 4.00. The fourth-order valence-electron chi connectivity index (χ4n) is 4.00. The Labute approximate surface area is 134 Å². The van der Waals surface area contributed by atoms with Gasteiger partial charge in [0.15, 0.2) is 11.5 Å². The van der Waals surface area contributed by atoms with E-state index in [1.165, 1.54) is 33.2 Å². The van der Waals surface area contributed by atoms with Crippen molar-refractivity contribution < 1.29 is 9.30 Å². The maximum atomic E-state index is 6.27. The summed E-state index contributed by atoms with van der Waals surface area (Å²) in [6, 6.07) is 10.6. The van der Waals surface area contributed by atoms with E-state index in [9.17, 15) is 0 Å². The molecular formula is C19H18N3O+. The molecule has 0 atom stereocenters. The Balaban J connectivity index is 2.02. The van der Waals surface area contributed by atoms with E-state index in [2.05, 4.69) is 78.3 Å². The maximum absolute atomic E-state index is 6.27. The lowest BCUT2D eigenvalue weighted by Crippen LogP contribution is -2.33. The van der Waals surface area contributed by atoms with Crippen LogP contribution in [0.4, 0.5) is 0 Å². The van der Waals surface area contributed by atoms with E-state index in [0.717, 1.165) is 17.2 Å². The molecule has 0 N–H and O–H groups in total. The Morgan fingerprint density at radius 2 is 1.87 bits per heavy atom. The Bertz CT molecular complexity index is 1130. The van der Waals surface area contributed by atoms with Crippen LogP contribution in [-0.4, -0.2) is 9.13 Å². The van der Waals surface area contributed by atoms with Crippen molar-refractivity contribution in [2.45, 2.75) is 6.92 Å². The number of nitrogens with zero attached hydrogens (tertiary/aromatic N) is 3. The molecule has 0 radical (unpaired) electrons. The quantitative estimate of drug-likeness (QED) is 0.401. The highest BCUT2D eigenvalue weighted by Gasteiger charge is 2.34. The second kappa shape index (κ2) is 3.96. The van der Waals surface area contributed by atoms with Crippen molar-refractivity contribution in [3.8, 4) is 22.8 Å². The summed E-state index contributed by atoms with van der Waals surface area (Å²) in [6.45, 7) is 2.18. The Kier molecular flexibility index (Phi) is 2.20. The number of para-hydroxylation sites is 1. The van der Waals surface area contributed by atoms with E-state index < -0.39 is 0 Å². The van der Waals surface area contributed by atoms with Crippen LogP contribution in [0.5, 0.6) is 11.5 Å². The van der Waals surface area contributed by atoms with Crippen LogP contribution in [0.25, 0.3) is 33.2 Å². The van der Waals surface area contributed by atoms with Gasteiger partial charge in [-0.3, -0.25) is 0 Å². The molecule has 4 aromatic rings. The molecule has 0 bridgehead atoms. The van der Waals surface area contributed by atoms with Crippen LogP contribution in [0.1, 0.15) is 5.69 Å². The zero-order chi connectivity index (χ0) is 15.9. The van der Waals surface area contributed by atoms with Crippen LogP contribution in [-0.2, 0) is 21.1 Å². The van der Waals surface area contributed by atoms with Crippen LogP contribution in [0.3, 0.4) is 0 Å². The Morgan fingerprint density at radius 3 is 2.70 bits per heavy atom. The molecule has 4 nitrogen and oxygen atoms in total. The van der Waals surface area contributed by atoms with Crippen molar-refractivity contribution in [1.29, 1.82) is 0 Å². The third kappa shape index (κ3) is 1.39. The average molecular weight is 304 g/mol. The van der Waals surface area contributed by atoms with Crippen LogP contribution < -0.4 is 9.30 Å². The lowest BCUT2D eigenvalue weighted by Gasteiger charge is -2.15. The van der Waals surface area contributed by atoms with Gasteiger partial charge in [0.25, 0.3) is 5.69 Å². The van der Waals surface area contributed by atoms with Crippen molar-refractivity contribution in [3.63, 3.8) is 0 Å². The Hall–Kier alpha value is -2.75. The molecule has 0 saturated carbocycles. The van der Waals surface area contributed by atoms with Gasteiger partial charge in [-0.25, -0.2) is 0 Å². The highest BCUT2D eigenvalue weighted by molar-refractivity contribution is 6.03. The summed E-state index contributed by atoms with van der Waals surface area (Å²) in [4.78, 5) is 0. The minimum absolute atomic E-state index is 0.931. The van der Waals surface area contributed by atoms with E-state index in [-0.39, 0.29) is 0 Å². The highest BCUT2D eigenvalue weighted by Crippen LogP contribution is 2.48. The van der Waals surface area contributed by atoms with Gasteiger partial charge in [0, 0.05) is 38.1 Å². The van der Waals surface area contributed by atoms with Gasteiger partial charge in [0.2, 0.25) is 5.52 Å². The van der Waals surface area contributed by atoms with E-state index in [1.54, 1.807) is 0 Å². The molecule has 4 heterocycles. The second-order valence-corrected chi connectivity index (χ2v) is 6.40. The van der Waals surface area contributed by atoms with Gasteiger partial charge in [-0.1, -0.05) is 12.1 Å². The van der Waals surface area contributed by atoms with Crippen LogP contribution in [0.15, 0.2) is 36.5 Å². The molecule has 0 unspecified atom stereocenters. The molecule has 1 aromatic carbocycles. The average Bonchev–Trinajstić information content (AvgIpc) is 3.00. The van der Waals surface area contributed by atoms with Crippen LogP contribution in [0, 0.1) is 6.92 Å². The number of pyridine rings is 1. The summed E-state index contributed by atoms with van der Waals surface area (Å²) in [6.07, 6.45) is 2.08. The van der Waals surface area contributed by atoms with Crippen LogP contribution >= 0.6 is 0 Å². The monoisotopic (exact) mass is 304 g/mol. The lowest BCUT2D eigenvalue weighted by molar-refractivity contribution is -0.633. The maximum Gasteiger partial charge on any atom is 0.258 e. The first kappa shape index (κ1) is 12.8. The zero-order valence-corrected chi connectivity index (χ0v) is 13.7. The van der Waals surface area contributed by atoms with Gasteiger partial charge in [-0.15, -0.1) is 0 Å². The Morgan fingerprint density at radius 1 is 1.09 bits per heavy atom. The van der Waals surface area contributed by atoms with E-state index in [1.807, 2.05) is 0 Å². The third-order valence-electron chi connectivity index (χ3n) is 5.16. The molecule has 0 aliphatic carbocycles. The summed E-state index contributed by atoms with van der Waals surface area (Å²) in [7, 11) is 6.32. The van der Waals surface area contributed by atoms with Gasteiger partial charge in [-0.05, 0) is 13.0 Å². The lowest BCUT2D eigenvalue weighted by atomic mass is 10.0. The van der Waals surface area contributed by atoms with E-state index in [0.29, 0.717) is 0 Å². The molecule has 3 aromatic heterocycles. The number of fused-ring (bicyclic) bond motifs is 3. The molecule has 4 heteroatoms. The first-order valence-corrected chi connectivity index (χ1v) is 7.82. The highest BCUT2D eigenvalue weighted by atomic mass is 16.5. The number of rotatable bonds is 0. The largest absolute Gasteiger partial charge is 0.448 e. The van der Waals surface area contributed by atoms with Gasteiger partial charge < -0.3 is 13.9 Å². The van der Waals surface area contributed by atoms with E-state index >= 15 is 0 Å². The van der Waals surface area contributed by atoms with Crippen molar-refractivity contribution in [2.24, 2.45) is 21.1 Å². The molecule has 1 aliphatic heterocycles. The summed E-state index contributed by atoms with van der Waals surface area (Å²) >= 11 is 0. The predicted octanol–water partition coefficient (Wildman–Crippen LogP) is 3.58. The molecule has 114 valence electrons. The molecule has 0 saturated heterocycles. The summed E-state index contributed by atoms with van der Waals surface area (Å²) in [5.74, 6) is 1.88. The molecule has 0 amide bonds. The van der Waals surface area contributed by atoms with Gasteiger partial charge in [0.1, 0.15) is 12.7 Å². The second-order valence-electron chi connectivity index (χ2n) is 6.40. The first-order valence-electron chi connectivity index (χ1n) is 7.82. The number of hydrogen-bond acceptors (Lipinski definition) is 1. The number of aryl methyl sites for hydroxylation is 3. The minimum atomic E-state index is 0.931. The van der Waals surface area contributed by atoms with E-state index in [4.69, 9.17) is 4.74 Å². The number of ether oxygens (including phenoxy) is 1. The molecule has 1 aliphatic rings. The molecule has 0 spiro atoms. The minimum Gasteiger partial charge on any atom is -0.448 e. The summed E-state index contributed by atoms with van der Waals surface area (Å²) in [5, 5.41) is 2.41. The molecular weight excluding hydrogens is 286 g/mol. The van der Waals surface area contributed by atoms with Crippen molar-refractivity contribution in [3.05, 3.63) is 42.2 Å². The first-order chi connectivity index (χ1) is 11.1. The predicted molar refractivity (Wildman–Crippen MR) is 90.8 cm³/mol. The molecule has 5 rings (SSSR count). The van der Waals surface area contributed by atoms with Gasteiger partial charge in [-0.2, -0.15) is 4.57 Å². The molecule has 23 heavy (non-hydrogen) atoms. The molecule has 0 fully saturated rings. The standard InChI is InChI=1S/C19H18N3O/c1-11-16-17-15(10-20(2)19(17)21(11)3)23-14-9-12-7-5-6-8-13(12)22(4)18(14)16/h5-10H,1-4H3/q+1. The summed E-state index contributed by atoms with van der Waals surface area (Å²) in [5.41, 5.74) is 6.12. The SMILES string of the molecule is Cc1c2c3c(cn(C)c3n1C)Oc1cc3ccccc3[n+](C)c1-2. The number of hydrogen-bond donors (Lipinski definition) is 0. The number of benzene rings is 1. The fraction of sp³-hybridized carbons (Fsp3) is 0.211.